The number of halogens is 1. The van der Waals surface area contributed by atoms with E-state index in [9.17, 15) is 0 Å². The molecule has 98 valence electrons. The number of aromatic nitrogens is 2. The molecule has 1 heterocycles. The van der Waals surface area contributed by atoms with Gasteiger partial charge in [-0.1, -0.05) is 18.5 Å². The van der Waals surface area contributed by atoms with E-state index >= 15 is 0 Å². The van der Waals surface area contributed by atoms with Gasteiger partial charge >= 0.3 is 0 Å². The zero-order valence-corrected chi connectivity index (χ0v) is 12.0. The molecule has 0 fully saturated rings. The van der Waals surface area contributed by atoms with Gasteiger partial charge in [-0.25, -0.2) is 0 Å². The molecule has 0 aromatic carbocycles. The number of rotatable bonds is 5. The van der Waals surface area contributed by atoms with Crippen LogP contribution in [0.5, 0.6) is 0 Å². The molecule has 2 N–H and O–H groups in total. The second-order valence-electron chi connectivity index (χ2n) is 4.65. The molecule has 0 amide bonds. The smallest absolute Gasteiger partial charge is 0.0847 e. The lowest BCUT2D eigenvalue weighted by Crippen LogP contribution is -2.48. The Labute approximate surface area is 108 Å². The number of hydrogen-bond acceptors (Lipinski definition) is 3. The van der Waals surface area contributed by atoms with Crippen LogP contribution in [0, 0.1) is 6.92 Å². The first-order valence-corrected chi connectivity index (χ1v) is 6.22. The first kappa shape index (κ1) is 14.5. The number of nitrogens with zero attached hydrogens (tertiary/aromatic N) is 2. The summed E-state index contributed by atoms with van der Waals surface area (Å²) < 4.78 is 7.30. The quantitative estimate of drug-likeness (QED) is 0.881. The number of ether oxygens (including phenoxy) is 1. The van der Waals surface area contributed by atoms with Crippen LogP contribution in [0.25, 0.3) is 0 Å². The maximum absolute atomic E-state index is 6.23. The highest BCUT2D eigenvalue weighted by atomic mass is 35.5. The van der Waals surface area contributed by atoms with Gasteiger partial charge in [0.2, 0.25) is 0 Å². The summed E-state index contributed by atoms with van der Waals surface area (Å²) in [5.41, 5.74) is 7.70. The summed E-state index contributed by atoms with van der Waals surface area (Å²) in [7, 11) is 3.58. The molecule has 1 aromatic heterocycles. The highest BCUT2D eigenvalue weighted by molar-refractivity contribution is 6.31. The van der Waals surface area contributed by atoms with Gasteiger partial charge in [0.05, 0.1) is 22.0 Å². The Kier molecular flexibility index (Phi) is 4.58. The summed E-state index contributed by atoms with van der Waals surface area (Å²) in [6.07, 6.45) is 1.52. The molecule has 4 nitrogen and oxygen atoms in total. The summed E-state index contributed by atoms with van der Waals surface area (Å²) >= 11 is 6.21. The zero-order valence-electron chi connectivity index (χ0n) is 11.2. The molecule has 17 heavy (non-hydrogen) atoms. The van der Waals surface area contributed by atoms with Crippen LogP contribution in [0.3, 0.4) is 0 Å². The highest BCUT2D eigenvalue weighted by Crippen LogP contribution is 2.25. The summed E-state index contributed by atoms with van der Waals surface area (Å²) in [6, 6.07) is -0.107. The third-order valence-electron chi connectivity index (χ3n) is 3.63. The number of nitrogens with two attached hydrogens (primary N) is 1. The normalized spacial score (nSPS) is 16.9. The Hall–Kier alpha value is -0.580. The summed E-state index contributed by atoms with van der Waals surface area (Å²) in [5, 5.41) is 4.99. The number of hydrogen-bond donors (Lipinski definition) is 1. The molecular formula is C12H22ClN3O. The fourth-order valence-corrected chi connectivity index (χ4v) is 2.12. The third-order valence-corrected chi connectivity index (χ3v) is 4.12. The van der Waals surface area contributed by atoms with Crippen molar-refractivity contribution in [1.29, 1.82) is 0 Å². The zero-order chi connectivity index (χ0) is 13.2. The Balaban J connectivity index is 2.91. The Morgan fingerprint density at radius 1 is 1.59 bits per heavy atom. The Morgan fingerprint density at radius 3 is 2.53 bits per heavy atom. The Morgan fingerprint density at radius 2 is 2.18 bits per heavy atom. The predicted octanol–water partition coefficient (Wildman–Crippen LogP) is 2.07. The lowest BCUT2D eigenvalue weighted by Gasteiger charge is -2.33. The fourth-order valence-electron chi connectivity index (χ4n) is 1.88. The van der Waals surface area contributed by atoms with E-state index in [1.807, 2.05) is 20.9 Å². The van der Waals surface area contributed by atoms with Gasteiger partial charge in [-0.3, -0.25) is 4.68 Å². The van der Waals surface area contributed by atoms with E-state index < -0.39 is 0 Å². The first-order chi connectivity index (χ1) is 7.85. The molecule has 0 aliphatic rings. The molecule has 2 unspecified atom stereocenters. The van der Waals surface area contributed by atoms with Crippen LogP contribution in [0.1, 0.15) is 31.7 Å². The topological polar surface area (TPSA) is 53.1 Å². The van der Waals surface area contributed by atoms with Crippen molar-refractivity contribution >= 4 is 11.6 Å². The van der Waals surface area contributed by atoms with Gasteiger partial charge in [0.25, 0.3) is 0 Å². The average Bonchev–Trinajstić information content (AvgIpc) is 2.54. The SMILES string of the molecule is CCC(C)(OC)C(N)Cc1c(Cl)c(C)nn1C. The van der Waals surface area contributed by atoms with Crippen LogP contribution >= 0.6 is 11.6 Å². The number of methoxy groups -OCH3 is 1. The van der Waals surface area contributed by atoms with Gasteiger partial charge in [-0.15, -0.1) is 0 Å². The largest absolute Gasteiger partial charge is 0.377 e. The third kappa shape index (κ3) is 2.81. The monoisotopic (exact) mass is 259 g/mol. The van der Waals surface area contributed by atoms with Gasteiger partial charge in [-0.2, -0.15) is 5.10 Å². The van der Waals surface area contributed by atoms with Gasteiger partial charge in [-0.05, 0) is 20.3 Å². The molecular weight excluding hydrogens is 238 g/mol. The van der Waals surface area contributed by atoms with Crippen LogP contribution in [0.2, 0.25) is 5.02 Å². The van der Waals surface area contributed by atoms with Gasteiger partial charge < -0.3 is 10.5 Å². The maximum atomic E-state index is 6.23. The molecule has 0 aliphatic carbocycles. The standard InChI is InChI=1S/C12H22ClN3O/c1-6-12(3,17-5)10(14)7-9-11(13)8(2)15-16(9)4/h10H,6-7,14H2,1-5H3. The van der Waals surface area contributed by atoms with Crippen molar-refractivity contribution in [3.05, 3.63) is 16.4 Å². The van der Waals surface area contributed by atoms with Crippen molar-refractivity contribution in [2.75, 3.05) is 7.11 Å². The molecule has 0 aliphatic heterocycles. The highest BCUT2D eigenvalue weighted by Gasteiger charge is 2.31. The lowest BCUT2D eigenvalue weighted by atomic mass is 9.90. The maximum Gasteiger partial charge on any atom is 0.0847 e. The second kappa shape index (κ2) is 5.38. The molecule has 0 saturated heterocycles. The average molecular weight is 260 g/mol. The summed E-state index contributed by atoms with van der Waals surface area (Å²) in [4.78, 5) is 0. The molecule has 1 rings (SSSR count). The van der Waals surface area contributed by atoms with Crippen molar-refractivity contribution in [2.45, 2.75) is 45.3 Å². The van der Waals surface area contributed by atoms with Crippen LogP contribution in [0.4, 0.5) is 0 Å². The first-order valence-electron chi connectivity index (χ1n) is 5.84. The minimum absolute atomic E-state index is 0.107. The van der Waals surface area contributed by atoms with E-state index in [0.29, 0.717) is 11.4 Å². The van der Waals surface area contributed by atoms with Crippen molar-refractivity contribution in [2.24, 2.45) is 12.8 Å². The minimum atomic E-state index is -0.332. The summed E-state index contributed by atoms with van der Waals surface area (Å²) in [6.45, 7) is 5.99. The van der Waals surface area contributed by atoms with Crippen LogP contribution < -0.4 is 5.73 Å². The predicted molar refractivity (Wildman–Crippen MR) is 70.3 cm³/mol. The van der Waals surface area contributed by atoms with Crippen molar-refractivity contribution in [1.82, 2.24) is 9.78 Å². The van der Waals surface area contributed by atoms with Gasteiger partial charge in [0, 0.05) is 26.6 Å². The fraction of sp³-hybridized carbons (Fsp3) is 0.750. The molecule has 0 bridgehead atoms. The molecule has 0 spiro atoms. The number of aryl methyl sites for hydroxylation is 2. The van der Waals surface area contributed by atoms with E-state index in [1.54, 1.807) is 11.8 Å². The van der Waals surface area contributed by atoms with E-state index in [1.165, 1.54) is 0 Å². The molecule has 2 atom stereocenters. The van der Waals surface area contributed by atoms with Crippen molar-refractivity contribution in [3.63, 3.8) is 0 Å². The van der Waals surface area contributed by atoms with E-state index in [0.717, 1.165) is 17.8 Å². The molecule has 0 radical (unpaired) electrons. The van der Waals surface area contributed by atoms with E-state index in [4.69, 9.17) is 22.1 Å². The van der Waals surface area contributed by atoms with Crippen LogP contribution in [-0.2, 0) is 18.2 Å². The van der Waals surface area contributed by atoms with E-state index in [-0.39, 0.29) is 11.6 Å². The molecule has 0 saturated carbocycles. The summed E-state index contributed by atoms with van der Waals surface area (Å²) in [5.74, 6) is 0. The van der Waals surface area contributed by atoms with Gasteiger partial charge in [0.15, 0.2) is 0 Å². The molecule has 5 heteroatoms. The van der Waals surface area contributed by atoms with Crippen LogP contribution in [0.15, 0.2) is 0 Å². The minimum Gasteiger partial charge on any atom is -0.377 e. The van der Waals surface area contributed by atoms with Crippen molar-refractivity contribution < 1.29 is 4.74 Å². The molecule has 1 aromatic rings. The van der Waals surface area contributed by atoms with Crippen molar-refractivity contribution in [3.8, 4) is 0 Å². The second-order valence-corrected chi connectivity index (χ2v) is 5.03. The van der Waals surface area contributed by atoms with E-state index in [2.05, 4.69) is 12.0 Å². The van der Waals surface area contributed by atoms with Crippen LogP contribution in [-0.4, -0.2) is 28.5 Å². The lowest BCUT2D eigenvalue weighted by molar-refractivity contribution is -0.0188. The van der Waals surface area contributed by atoms with Gasteiger partial charge in [0.1, 0.15) is 0 Å². The Bertz CT molecular complexity index is 385.